The van der Waals surface area contributed by atoms with E-state index in [4.69, 9.17) is 14.2 Å². The van der Waals surface area contributed by atoms with E-state index in [-0.39, 0.29) is 11.9 Å². The largest absolute Gasteiger partial charge is 0.493 e. The second kappa shape index (κ2) is 7.17. The molecule has 0 saturated carbocycles. The fourth-order valence-electron chi connectivity index (χ4n) is 2.46. The van der Waals surface area contributed by atoms with Gasteiger partial charge in [0.15, 0.2) is 11.5 Å². The third kappa shape index (κ3) is 3.58. The summed E-state index contributed by atoms with van der Waals surface area (Å²) in [6.45, 7) is 1.30. The zero-order valence-corrected chi connectivity index (χ0v) is 12.7. The van der Waals surface area contributed by atoms with Gasteiger partial charge in [-0.25, -0.2) is 0 Å². The van der Waals surface area contributed by atoms with Gasteiger partial charge >= 0.3 is 0 Å². The number of rotatable bonds is 6. The minimum Gasteiger partial charge on any atom is -0.493 e. The van der Waals surface area contributed by atoms with Crippen LogP contribution in [0.4, 0.5) is 0 Å². The molecule has 6 heteroatoms. The number of piperidine rings is 1. The molecule has 1 heterocycles. The van der Waals surface area contributed by atoms with Gasteiger partial charge < -0.3 is 24.8 Å². The summed E-state index contributed by atoms with van der Waals surface area (Å²) in [6, 6.07) is 4.09. The van der Waals surface area contributed by atoms with Crippen LogP contribution in [-0.4, -0.2) is 39.8 Å². The first-order valence-corrected chi connectivity index (χ1v) is 6.97. The number of methoxy groups -OCH3 is 3. The lowest BCUT2D eigenvalue weighted by Crippen LogP contribution is -2.45. The maximum absolute atomic E-state index is 11.1. The second-order valence-corrected chi connectivity index (χ2v) is 4.91. The molecule has 1 aromatic carbocycles. The van der Waals surface area contributed by atoms with Crippen LogP contribution in [0.25, 0.3) is 0 Å². The molecule has 1 saturated heterocycles. The number of benzene rings is 1. The fourth-order valence-corrected chi connectivity index (χ4v) is 2.46. The Kier molecular flexibility index (Phi) is 5.27. The molecular weight excluding hydrogens is 272 g/mol. The van der Waals surface area contributed by atoms with Gasteiger partial charge in [0.2, 0.25) is 11.7 Å². The summed E-state index contributed by atoms with van der Waals surface area (Å²) in [5.41, 5.74) is 0.993. The van der Waals surface area contributed by atoms with E-state index in [9.17, 15) is 4.79 Å². The lowest BCUT2D eigenvalue weighted by molar-refractivity contribution is -0.122. The second-order valence-electron chi connectivity index (χ2n) is 4.91. The molecule has 0 unspecified atom stereocenters. The maximum atomic E-state index is 11.1. The summed E-state index contributed by atoms with van der Waals surface area (Å²) < 4.78 is 16.1. The topological polar surface area (TPSA) is 68.8 Å². The highest BCUT2D eigenvalue weighted by Crippen LogP contribution is 2.39. The predicted octanol–water partition coefficient (Wildman–Crippen LogP) is 1.08. The highest BCUT2D eigenvalue weighted by atomic mass is 16.5. The van der Waals surface area contributed by atoms with E-state index in [0.717, 1.165) is 12.0 Å². The van der Waals surface area contributed by atoms with Crippen LogP contribution >= 0.6 is 0 Å². The van der Waals surface area contributed by atoms with Gasteiger partial charge in [0.25, 0.3) is 0 Å². The smallest absolute Gasteiger partial charge is 0.220 e. The standard InChI is InChI=1S/C15H22N2O4/c1-19-12-6-4-10(14(20-2)15(12)21-3)8-16-11-5-7-13(18)17-9-11/h4,6,11,16H,5,7-9H2,1-3H3,(H,17,18)/t11-/m0/s1. The Labute approximate surface area is 124 Å². The van der Waals surface area contributed by atoms with Crippen molar-refractivity contribution in [3.05, 3.63) is 17.7 Å². The molecule has 0 aliphatic carbocycles. The van der Waals surface area contributed by atoms with E-state index < -0.39 is 0 Å². The minimum absolute atomic E-state index is 0.122. The van der Waals surface area contributed by atoms with Crippen molar-refractivity contribution in [2.24, 2.45) is 0 Å². The lowest BCUT2D eigenvalue weighted by Gasteiger charge is -2.24. The molecule has 0 spiro atoms. The van der Waals surface area contributed by atoms with Crippen LogP contribution in [0.15, 0.2) is 12.1 Å². The Balaban J connectivity index is 2.07. The summed E-state index contributed by atoms with van der Waals surface area (Å²) in [5.74, 6) is 2.03. The minimum atomic E-state index is 0.122. The Hall–Kier alpha value is -1.95. The third-order valence-electron chi connectivity index (χ3n) is 3.63. The molecule has 1 aromatic rings. The number of carbonyl (C=O) groups is 1. The van der Waals surface area contributed by atoms with Gasteiger partial charge in [-0.15, -0.1) is 0 Å². The van der Waals surface area contributed by atoms with Gasteiger partial charge in [-0.05, 0) is 12.5 Å². The van der Waals surface area contributed by atoms with Crippen molar-refractivity contribution < 1.29 is 19.0 Å². The molecule has 1 aliphatic heterocycles. The van der Waals surface area contributed by atoms with Crippen molar-refractivity contribution in [2.75, 3.05) is 27.9 Å². The zero-order chi connectivity index (χ0) is 15.2. The van der Waals surface area contributed by atoms with Crippen LogP contribution in [0.5, 0.6) is 17.2 Å². The van der Waals surface area contributed by atoms with E-state index >= 15 is 0 Å². The number of ether oxygens (including phenoxy) is 3. The average Bonchev–Trinajstić information content (AvgIpc) is 2.53. The van der Waals surface area contributed by atoms with Crippen LogP contribution in [0, 0.1) is 0 Å². The van der Waals surface area contributed by atoms with Crippen LogP contribution in [0.1, 0.15) is 18.4 Å². The quantitative estimate of drug-likeness (QED) is 0.822. The summed E-state index contributed by atoms with van der Waals surface area (Å²) >= 11 is 0. The normalized spacial score (nSPS) is 18.0. The van der Waals surface area contributed by atoms with Crippen LogP contribution in [0.3, 0.4) is 0 Å². The van der Waals surface area contributed by atoms with E-state index in [1.165, 1.54) is 0 Å². The monoisotopic (exact) mass is 294 g/mol. The molecule has 1 aliphatic rings. The molecule has 1 atom stereocenters. The SMILES string of the molecule is COc1ccc(CN[C@H]2CCC(=O)NC2)c(OC)c1OC. The van der Waals surface area contributed by atoms with Gasteiger partial charge in [-0.2, -0.15) is 0 Å². The van der Waals surface area contributed by atoms with Gasteiger partial charge in [0, 0.05) is 31.1 Å². The molecule has 1 fully saturated rings. The van der Waals surface area contributed by atoms with E-state index in [1.807, 2.05) is 12.1 Å². The molecule has 0 bridgehead atoms. The Morgan fingerprint density at radius 2 is 1.95 bits per heavy atom. The molecular formula is C15H22N2O4. The summed E-state index contributed by atoms with van der Waals surface area (Å²) in [5, 5.41) is 6.29. The number of amides is 1. The molecule has 2 rings (SSSR count). The molecule has 21 heavy (non-hydrogen) atoms. The summed E-state index contributed by atoms with van der Waals surface area (Å²) in [6.07, 6.45) is 1.42. The van der Waals surface area contributed by atoms with Crippen LogP contribution in [0.2, 0.25) is 0 Å². The van der Waals surface area contributed by atoms with Gasteiger partial charge in [0.1, 0.15) is 0 Å². The van der Waals surface area contributed by atoms with Crippen LogP contribution in [-0.2, 0) is 11.3 Å². The first-order valence-electron chi connectivity index (χ1n) is 6.97. The summed E-state index contributed by atoms with van der Waals surface area (Å²) in [4.78, 5) is 11.1. The number of hydrogen-bond donors (Lipinski definition) is 2. The maximum Gasteiger partial charge on any atom is 0.220 e. The van der Waals surface area contributed by atoms with Crippen molar-refractivity contribution in [3.8, 4) is 17.2 Å². The lowest BCUT2D eigenvalue weighted by atomic mass is 10.1. The molecule has 1 amide bonds. The molecule has 0 aromatic heterocycles. The molecule has 2 N–H and O–H groups in total. The number of carbonyl (C=O) groups excluding carboxylic acids is 1. The zero-order valence-electron chi connectivity index (χ0n) is 12.7. The summed E-state index contributed by atoms with van der Waals surface area (Å²) in [7, 11) is 4.80. The number of nitrogens with one attached hydrogen (secondary N) is 2. The fraction of sp³-hybridized carbons (Fsp3) is 0.533. The number of hydrogen-bond acceptors (Lipinski definition) is 5. The van der Waals surface area contributed by atoms with E-state index in [0.29, 0.717) is 36.8 Å². The van der Waals surface area contributed by atoms with Gasteiger partial charge in [0.05, 0.1) is 21.3 Å². The highest BCUT2D eigenvalue weighted by Gasteiger charge is 2.19. The van der Waals surface area contributed by atoms with Crippen molar-refractivity contribution in [2.45, 2.75) is 25.4 Å². The van der Waals surface area contributed by atoms with Crippen LogP contribution < -0.4 is 24.8 Å². The van der Waals surface area contributed by atoms with Gasteiger partial charge in [-0.1, -0.05) is 6.07 Å². The van der Waals surface area contributed by atoms with Crippen molar-refractivity contribution in [1.82, 2.24) is 10.6 Å². The van der Waals surface area contributed by atoms with E-state index in [2.05, 4.69) is 10.6 Å². The molecule has 0 radical (unpaired) electrons. The first kappa shape index (κ1) is 15.4. The highest BCUT2D eigenvalue weighted by molar-refractivity contribution is 5.76. The van der Waals surface area contributed by atoms with Gasteiger partial charge in [-0.3, -0.25) is 4.79 Å². The third-order valence-corrected chi connectivity index (χ3v) is 3.63. The van der Waals surface area contributed by atoms with Crippen molar-refractivity contribution in [1.29, 1.82) is 0 Å². The Morgan fingerprint density at radius 1 is 1.19 bits per heavy atom. The predicted molar refractivity (Wildman–Crippen MR) is 79.0 cm³/mol. The Morgan fingerprint density at radius 3 is 2.52 bits per heavy atom. The average molecular weight is 294 g/mol. The molecule has 6 nitrogen and oxygen atoms in total. The van der Waals surface area contributed by atoms with E-state index in [1.54, 1.807) is 21.3 Å². The van der Waals surface area contributed by atoms with Crippen molar-refractivity contribution in [3.63, 3.8) is 0 Å². The Bertz CT molecular complexity index is 495. The molecule has 116 valence electrons. The van der Waals surface area contributed by atoms with Crippen molar-refractivity contribution >= 4 is 5.91 Å². The first-order chi connectivity index (χ1) is 10.2.